The molecule has 1 saturated heterocycles. The fraction of sp³-hybridized carbons (Fsp3) is 0.688. The van der Waals surface area contributed by atoms with Gasteiger partial charge in [-0.1, -0.05) is 6.92 Å². The number of piperidine rings is 1. The first kappa shape index (κ1) is 17.2. The maximum Gasteiger partial charge on any atom is 0.314 e. The van der Waals surface area contributed by atoms with E-state index < -0.39 is 6.10 Å². The summed E-state index contributed by atoms with van der Waals surface area (Å²) >= 11 is 1.54. The van der Waals surface area contributed by atoms with Crippen molar-refractivity contribution in [3.63, 3.8) is 0 Å². The number of nitrogens with zero attached hydrogens (tertiary/aromatic N) is 1. The SMILES string of the molecule is CC1CCN(CCCNC(=O)NCC(O)c2ccsc2)CC1. The predicted octanol–water partition coefficient (Wildman–Crippen LogP) is 2.20. The predicted molar refractivity (Wildman–Crippen MR) is 90.1 cm³/mol. The van der Waals surface area contributed by atoms with Gasteiger partial charge in [0.15, 0.2) is 0 Å². The molecule has 124 valence electrons. The first-order valence-electron chi connectivity index (χ1n) is 8.09. The second kappa shape index (κ2) is 9.12. The van der Waals surface area contributed by atoms with Gasteiger partial charge in [0.2, 0.25) is 0 Å². The van der Waals surface area contributed by atoms with Crippen LogP contribution in [0.3, 0.4) is 0 Å². The summed E-state index contributed by atoms with van der Waals surface area (Å²) in [5, 5.41) is 19.2. The average Bonchev–Trinajstić information content (AvgIpc) is 3.05. The molecule has 1 aromatic heterocycles. The number of likely N-dealkylation sites (tertiary alicyclic amines) is 1. The van der Waals surface area contributed by atoms with Crippen LogP contribution in [-0.4, -0.2) is 48.8 Å². The second-order valence-electron chi connectivity index (χ2n) is 6.09. The highest BCUT2D eigenvalue weighted by molar-refractivity contribution is 7.07. The van der Waals surface area contributed by atoms with Crippen molar-refractivity contribution in [1.82, 2.24) is 15.5 Å². The van der Waals surface area contributed by atoms with E-state index in [1.165, 1.54) is 37.3 Å². The van der Waals surface area contributed by atoms with E-state index in [1.807, 2.05) is 16.8 Å². The minimum absolute atomic E-state index is 0.207. The van der Waals surface area contributed by atoms with E-state index in [4.69, 9.17) is 0 Å². The molecule has 5 nitrogen and oxygen atoms in total. The molecule has 0 spiro atoms. The number of hydrogen-bond acceptors (Lipinski definition) is 4. The fourth-order valence-electron chi connectivity index (χ4n) is 2.62. The molecule has 2 amide bonds. The number of carbonyl (C=O) groups is 1. The molecule has 0 aliphatic carbocycles. The largest absolute Gasteiger partial charge is 0.387 e. The molecule has 0 radical (unpaired) electrons. The van der Waals surface area contributed by atoms with E-state index in [0.29, 0.717) is 6.54 Å². The molecule has 1 fully saturated rings. The van der Waals surface area contributed by atoms with Crippen molar-refractivity contribution >= 4 is 17.4 Å². The van der Waals surface area contributed by atoms with Crippen molar-refractivity contribution in [3.05, 3.63) is 22.4 Å². The van der Waals surface area contributed by atoms with Crippen LogP contribution in [0, 0.1) is 5.92 Å². The Balaban J connectivity index is 1.51. The van der Waals surface area contributed by atoms with Crippen LogP contribution < -0.4 is 10.6 Å². The van der Waals surface area contributed by atoms with Gasteiger partial charge in [-0.3, -0.25) is 0 Å². The van der Waals surface area contributed by atoms with E-state index in [1.54, 1.807) is 0 Å². The lowest BCUT2D eigenvalue weighted by Gasteiger charge is -2.30. The van der Waals surface area contributed by atoms with E-state index in [-0.39, 0.29) is 12.6 Å². The first-order valence-corrected chi connectivity index (χ1v) is 9.03. The molecule has 0 bridgehead atoms. The molecule has 2 heterocycles. The molecule has 3 N–H and O–H groups in total. The van der Waals surface area contributed by atoms with Crippen molar-refractivity contribution < 1.29 is 9.90 Å². The number of carbonyl (C=O) groups excluding carboxylic acids is 1. The van der Waals surface area contributed by atoms with Gasteiger partial charge in [0.25, 0.3) is 0 Å². The van der Waals surface area contributed by atoms with Crippen molar-refractivity contribution in [2.45, 2.75) is 32.3 Å². The Morgan fingerprint density at radius 1 is 1.45 bits per heavy atom. The smallest absolute Gasteiger partial charge is 0.314 e. The monoisotopic (exact) mass is 325 g/mol. The molecule has 22 heavy (non-hydrogen) atoms. The zero-order chi connectivity index (χ0) is 15.8. The Labute approximate surface area is 136 Å². The Kier molecular flexibility index (Phi) is 7.15. The Hall–Kier alpha value is -1.11. The summed E-state index contributed by atoms with van der Waals surface area (Å²) in [7, 11) is 0. The van der Waals surface area contributed by atoms with Gasteiger partial charge in [0.05, 0.1) is 6.10 Å². The van der Waals surface area contributed by atoms with Crippen LogP contribution in [0.15, 0.2) is 16.8 Å². The van der Waals surface area contributed by atoms with Crippen LogP contribution in [-0.2, 0) is 0 Å². The molecule has 1 unspecified atom stereocenters. The van der Waals surface area contributed by atoms with Gasteiger partial charge in [-0.2, -0.15) is 11.3 Å². The summed E-state index contributed by atoms with van der Waals surface area (Å²) < 4.78 is 0. The Bertz CT molecular complexity index is 431. The molecule has 6 heteroatoms. The highest BCUT2D eigenvalue weighted by Crippen LogP contribution is 2.16. The molecule has 1 aliphatic heterocycles. The third-order valence-electron chi connectivity index (χ3n) is 4.20. The van der Waals surface area contributed by atoms with Crippen LogP contribution in [0.2, 0.25) is 0 Å². The summed E-state index contributed by atoms with van der Waals surface area (Å²) in [6.45, 7) is 6.64. The number of hydrogen-bond donors (Lipinski definition) is 3. The van der Waals surface area contributed by atoms with Crippen LogP contribution in [0.1, 0.15) is 37.9 Å². The van der Waals surface area contributed by atoms with Crippen molar-refractivity contribution in [2.24, 2.45) is 5.92 Å². The van der Waals surface area contributed by atoms with Gasteiger partial charge < -0.3 is 20.6 Å². The van der Waals surface area contributed by atoms with E-state index in [9.17, 15) is 9.90 Å². The third-order valence-corrected chi connectivity index (χ3v) is 4.90. The molecule has 1 aliphatic rings. The quantitative estimate of drug-likeness (QED) is 0.674. The normalized spacial score (nSPS) is 18.1. The minimum atomic E-state index is -0.632. The summed E-state index contributed by atoms with van der Waals surface area (Å²) in [5.41, 5.74) is 0.852. The van der Waals surface area contributed by atoms with Crippen LogP contribution in [0.4, 0.5) is 4.79 Å². The molecular weight excluding hydrogens is 298 g/mol. The number of nitrogens with one attached hydrogen (secondary N) is 2. The van der Waals surface area contributed by atoms with Crippen molar-refractivity contribution in [2.75, 3.05) is 32.7 Å². The number of urea groups is 1. The Morgan fingerprint density at radius 2 is 2.23 bits per heavy atom. The number of aliphatic hydroxyl groups is 1. The van der Waals surface area contributed by atoms with Crippen LogP contribution in [0.25, 0.3) is 0 Å². The lowest BCUT2D eigenvalue weighted by Crippen LogP contribution is -2.40. The van der Waals surface area contributed by atoms with Gasteiger partial charge in [-0.05, 0) is 67.2 Å². The number of aliphatic hydroxyl groups excluding tert-OH is 1. The van der Waals surface area contributed by atoms with E-state index >= 15 is 0 Å². The highest BCUT2D eigenvalue weighted by Gasteiger charge is 2.15. The molecular formula is C16H27N3O2S. The number of thiophene rings is 1. The molecule has 1 atom stereocenters. The van der Waals surface area contributed by atoms with Crippen LogP contribution >= 0.6 is 11.3 Å². The van der Waals surface area contributed by atoms with Gasteiger partial charge in [-0.15, -0.1) is 0 Å². The summed E-state index contributed by atoms with van der Waals surface area (Å²) in [6, 6.07) is 1.66. The van der Waals surface area contributed by atoms with Crippen molar-refractivity contribution in [1.29, 1.82) is 0 Å². The molecule has 0 aromatic carbocycles. The summed E-state index contributed by atoms with van der Waals surface area (Å²) in [5.74, 6) is 0.856. The summed E-state index contributed by atoms with van der Waals surface area (Å²) in [6.07, 6.45) is 2.91. The zero-order valence-corrected chi connectivity index (χ0v) is 14.1. The Morgan fingerprint density at radius 3 is 2.91 bits per heavy atom. The van der Waals surface area contributed by atoms with Gasteiger partial charge in [0.1, 0.15) is 0 Å². The lowest BCUT2D eigenvalue weighted by molar-refractivity contribution is 0.173. The molecule has 1 aromatic rings. The average molecular weight is 325 g/mol. The second-order valence-corrected chi connectivity index (χ2v) is 6.87. The zero-order valence-electron chi connectivity index (χ0n) is 13.3. The molecule has 0 saturated carbocycles. The van der Waals surface area contributed by atoms with Gasteiger partial charge >= 0.3 is 6.03 Å². The maximum absolute atomic E-state index is 11.7. The first-order chi connectivity index (χ1) is 10.6. The third kappa shape index (κ3) is 5.94. The number of amides is 2. The van der Waals surface area contributed by atoms with E-state index in [2.05, 4.69) is 22.5 Å². The van der Waals surface area contributed by atoms with Crippen LogP contribution in [0.5, 0.6) is 0 Å². The molecule has 2 rings (SSSR count). The standard InChI is InChI=1S/C16H27N3O2S/c1-13-3-8-19(9-4-13)7-2-6-17-16(21)18-11-15(20)14-5-10-22-12-14/h5,10,12-13,15,20H,2-4,6-9,11H2,1H3,(H2,17,18,21). The topological polar surface area (TPSA) is 64.6 Å². The van der Waals surface area contributed by atoms with E-state index in [0.717, 1.165) is 24.4 Å². The maximum atomic E-state index is 11.7. The lowest BCUT2D eigenvalue weighted by atomic mass is 9.99. The summed E-state index contributed by atoms with van der Waals surface area (Å²) in [4.78, 5) is 14.1. The van der Waals surface area contributed by atoms with Crippen molar-refractivity contribution in [3.8, 4) is 0 Å². The fourth-order valence-corrected chi connectivity index (χ4v) is 3.33. The highest BCUT2D eigenvalue weighted by atomic mass is 32.1. The number of rotatable bonds is 7. The van der Waals surface area contributed by atoms with Gasteiger partial charge in [-0.25, -0.2) is 4.79 Å². The van der Waals surface area contributed by atoms with Gasteiger partial charge in [0, 0.05) is 13.1 Å². The minimum Gasteiger partial charge on any atom is -0.387 e.